The van der Waals surface area contributed by atoms with Crippen LogP contribution in [0.25, 0.3) is 0 Å². The van der Waals surface area contributed by atoms with Crippen molar-refractivity contribution in [2.45, 2.75) is 57.5 Å². The summed E-state index contributed by atoms with van der Waals surface area (Å²) in [6, 6.07) is 0.405. The highest BCUT2D eigenvalue weighted by Gasteiger charge is 2.29. The molecular formula is C14H25N3O2. The SMILES string of the molecule is CC1CC(NCC(C)(O)c2cnn(C)c2)CC(C)O1. The van der Waals surface area contributed by atoms with Gasteiger partial charge in [0.1, 0.15) is 5.60 Å². The second-order valence-electron chi connectivity index (χ2n) is 5.98. The van der Waals surface area contributed by atoms with Crippen molar-refractivity contribution >= 4 is 0 Å². The molecule has 1 fully saturated rings. The van der Waals surface area contributed by atoms with Crippen LogP contribution in [0, 0.1) is 0 Å². The fraction of sp³-hybridized carbons (Fsp3) is 0.786. The molecule has 1 aromatic heterocycles. The Balaban J connectivity index is 1.90. The molecule has 5 nitrogen and oxygen atoms in total. The molecular weight excluding hydrogens is 242 g/mol. The van der Waals surface area contributed by atoms with Gasteiger partial charge in [-0.2, -0.15) is 5.10 Å². The lowest BCUT2D eigenvalue weighted by Crippen LogP contribution is -2.46. The summed E-state index contributed by atoms with van der Waals surface area (Å²) in [7, 11) is 1.86. The first kappa shape index (κ1) is 14.5. The molecule has 2 heterocycles. The Morgan fingerprint density at radius 1 is 1.47 bits per heavy atom. The summed E-state index contributed by atoms with van der Waals surface area (Å²) in [5.41, 5.74) is -0.0466. The third-order valence-electron chi connectivity index (χ3n) is 3.76. The highest BCUT2D eigenvalue weighted by atomic mass is 16.5. The summed E-state index contributed by atoms with van der Waals surface area (Å²) in [6.07, 6.45) is 6.13. The van der Waals surface area contributed by atoms with E-state index in [1.165, 1.54) is 0 Å². The van der Waals surface area contributed by atoms with E-state index < -0.39 is 5.60 Å². The fourth-order valence-electron chi connectivity index (χ4n) is 2.72. The second kappa shape index (κ2) is 5.61. The number of nitrogens with one attached hydrogen (secondary N) is 1. The number of aliphatic hydroxyl groups is 1. The molecule has 108 valence electrons. The fourth-order valence-corrected chi connectivity index (χ4v) is 2.72. The minimum Gasteiger partial charge on any atom is -0.384 e. The van der Waals surface area contributed by atoms with Gasteiger partial charge in [0.05, 0.1) is 18.4 Å². The lowest BCUT2D eigenvalue weighted by molar-refractivity contribution is -0.0462. The van der Waals surface area contributed by atoms with E-state index in [4.69, 9.17) is 4.74 Å². The Bertz CT molecular complexity index is 407. The van der Waals surface area contributed by atoms with Crippen molar-refractivity contribution in [2.24, 2.45) is 7.05 Å². The van der Waals surface area contributed by atoms with Gasteiger partial charge in [-0.05, 0) is 33.6 Å². The topological polar surface area (TPSA) is 59.3 Å². The summed E-state index contributed by atoms with van der Waals surface area (Å²) in [5.74, 6) is 0. The van der Waals surface area contributed by atoms with Gasteiger partial charge in [-0.3, -0.25) is 4.68 Å². The Labute approximate surface area is 115 Å². The zero-order valence-corrected chi connectivity index (χ0v) is 12.3. The van der Waals surface area contributed by atoms with Crippen LogP contribution < -0.4 is 5.32 Å². The third-order valence-corrected chi connectivity index (χ3v) is 3.76. The standard InChI is InChI=1S/C14H25N3O2/c1-10-5-13(6-11(2)19-10)15-9-14(3,18)12-7-16-17(4)8-12/h7-8,10-11,13,15,18H,5-6,9H2,1-4H3. The number of ether oxygens (including phenoxy) is 1. The predicted molar refractivity (Wildman–Crippen MR) is 73.8 cm³/mol. The van der Waals surface area contributed by atoms with E-state index in [0.717, 1.165) is 18.4 Å². The molecule has 2 N–H and O–H groups in total. The summed E-state index contributed by atoms with van der Waals surface area (Å²) in [4.78, 5) is 0. The lowest BCUT2D eigenvalue weighted by atomic mass is 9.96. The maximum absolute atomic E-state index is 10.5. The minimum atomic E-state index is -0.890. The van der Waals surface area contributed by atoms with Gasteiger partial charge in [0, 0.05) is 31.4 Å². The van der Waals surface area contributed by atoms with Gasteiger partial charge in [0.2, 0.25) is 0 Å². The molecule has 0 saturated carbocycles. The van der Waals surface area contributed by atoms with Gasteiger partial charge in [-0.15, -0.1) is 0 Å². The number of hydrogen-bond donors (Lipinski definition) is 2. The van der Waals surface area contributed by atoms with E-state index in [-0.39, 0.29) is 12.2 Å². The number of aryl methyl sites for hydroxylation is 1. The molecule has 3 atom stereocenters. The highest BCUT2D eigenvalue weighted by Crippen LogP contribution is 2.22. The van der Waals surface area contributed by atoms with Crippen LogP contribution in [-0.4, -0.2) is 39.7 Å². The summed E-state index contributed by atoms with van der Waals surface area (Å²) < 4.78 is 7.43. The Morgan fingerprint density at radius 2 is 2.11 bits per heavy atom. The normalized spacial score (nSPS) is 31.1. The summed E-state index contributed by atoms with van der Waals surface area (Å²) in [6.45, 7) is 6.55. The van der Waals surface area contributed by atoms with Gasteiger partial charge in [-0.1, -0.05) is 0 Å². The predicted octanol–water partition coefficient (Wildman–Crippen LogP) is 1.17. The van der Waals surface area contributed by atoms with Crippen LogP contribution in [0.1, 0.15) is 39.2 Å². The molecule has 19 heavy (non-hydrogen) atoms. The van der Waals surface area contributed by atoms with Crippen LogP contribution in [0.4, 0.5) is 0 Å². The molecule has 0 aromatic carbocycles. The first-order chi connectivity index (χ1) is 8.87. The first-order valence-corrected chi connectivity index (χ1v) is 6.97. The van der Waals surface area contributed by atoms with Crippen LogP contribution in [-0.2, 0) is 17.4 Å². The monoisotopic (exact) mass is 267 g/mol. The molecule has 0 amide bonds. The van der Waals surface area contributed by atoms with Gasteiger partial charge >= 0.3 is 0 Å². The quantitative estimate of drug-likeness (QED) is 0.860. The zero-order chi connectivity index (χ0) is 14.0. The van der Waals surface area contributed by atoms with Crippen LogP contribution >= 0.6 is 0 Å². The van der Waals surface area contributed by atoms with E-state index >= 15 is 0 Å². The van der Waals surface area contributed by atoms with Gasteiger partial charge in [-0.25, -0.2) is 0 Å². The van der Waals surface area contributed by atoms with E-state index in [1.807, 2.05) is 20.2 Å². The number of aromatic nitrogens is 2. The average Bonchev–Trinajstić information content (AvgIpc) is 2.73. The molecule has 0 bridgehead atoms. The number of nitrogens with zero attached hydrogens (tertiary/aromatic N) is 2. The molecule has 3 unspecified atom stereocenters. The van der Waals surface area contributed by atoms with E-state index in [0.29, 0.717) is 12.6 Å². The van der Waals surface area contributed by atoms with E-state index in [9.17, 15) is 5.11 Å². The van der Waals surface area contributed by atoms with E-state index in [1.54, 1.807) is 10.9 Å². The highest BCUT2D eigenvalue weighted by molar-refractivity contribution is 5.14. The molecule has 1 aliphatic rings. The maximum Gasteiger partial charge on any atom is 0.102 e. The van der Waals surface area contributed by atoms with Crippen molar-refractivity contribution < 1.29 is 9.84 Å². The Kier molecular flexibility index (Phi) is 4.28. The molecule has 0 radical (unpaired) electrons. The summed E-state index contributed by atoms with van der Waals surface area (Å²) in [5, 5.41) is 18.1. The first-order valence-electron chi connectivity index (χ1n) is 6.97. The average molecular weight is 267 g/mol. The Morgan fingerprint density at radius 3 is 2.63 bits per heavy atom. The molecule has 1 saturated heterocycles. The van der Waals surface area contributed by atoms with Crippen molar-refractivity contribution in [1.29, 1.82) is 0 Å². The molecule has 1 aliphatic heterocycles. The molecule has 5 heteroatoms. The summed E-state index contributed by atoms with van der Waals surface area (Å²) >= 11 is 0. The maximum atomic E-state index is 10.5. The van der Waals surface area contributed by atoms with Gasteiger partial charge < -0.3 is 15.2 Å². The zero-order valence-electron chi connectivity index (χ0n) is 12.3. The van der Waals surface area contributed by atoms with Crippen molar-refractivity contribution in [3.8, 4) is 0 Å². The van der Waals surface area contributed by atoms with Crippen molar-refractivity contribution in [3.05, 3.63) is 18.0 Å². The van der Waals surface area contributed by atoms with Crippen molar-refractivity contribution in [3.63, 3.8) is 0 Å². The van der Waals surface area contributed by atoms with Crippen LogP contribution in [0.2, 0.25) is 0 Å². The van der Waals surface area contributed by atoms with Crippen molar-refractivity contribution in [2.75, 3.05) is 6.54 Å². The number of hydrogen-bond acceptors (Lipinski definition) is 4. The molecule has 0 spiro atoms. The third kappa shape index (κ3) is 3.78. The van der Waals surface area contributed by atoms with Gasteiger partial charge in [0.15, 0.2) is 0 Å². The van der Waals surface area contributed by atoms with Gasteiger partial charge in [0.25, 0.3) is 0 Å². The largest absolute Gasteiger partial charge is 0.384 e. The molecule has 2 rings (SSSR count). The van der Waals surface area contributed by atoms with Crippen LogP contribution in [0.3, 0.4) is 0 Å². The van der Waals surface area contributed by atoms with Crippen molar-refractivity contribution in [1.82, 2.24) is 15.1 Å². The van der Waals surface area contributed by atoms with Crippen LogP contribution in [0.15, 0.2) is 12.4 Å². The second-order valence-corrected chi connectivity index (χ2v) is 5.98. The molecule has 1 aromatic rings. The smallest absolute Gasteiger partial charge is 0.102 e. The molecule has 0 aliphatic carbocycles. The van der Waals surface area contributed by atoms with Crippen LogP contribution in [0.5, 0.6) is 0 Å². The van der Waals surface area contributed by atoms with E-state index in [2.05, 4.69) is 24.3 Å². The minimum absolute atomic E-state index is 0.282. The number of rotatable bonds is 4. The Hall–Kier alpha value is -0.910. The lowest BCUT2D eigenvalue weighted by Gasteiger charge is -2.34.